The number of fused-ring (bicyclic) bond motifs is 1. The van der Waals surface area contributed by atoms with E-state index < -0.39 is 0 Å². The lowest BCUT2D eigenvalue weighted by atomic mass is 10.3. The van der Waals surface area contributed by atoms with E-state index in [1.54, 1.807) is 12.5 Å². The highest BCUT2D eigenvalue weighted by Crippen LogP contribution is 2.19. The van der Waals surface area contributed by atoms with Gasteiger partial charge in [-0.15, -0.1) is 0 Å². The summed E-state index contributed by atoms with van der Waals surface area (Å²) in [5.74, 6) is 0.550. The Bertz CT molecular complexity index is 383. The second-order valence-corrected chi connectivity index (χ2v) is 5.44. The number of nitrogens with two attached hydrogens (primary N) is 1. The lowest BCUT2D eigenvalue weighted by Gasteiger charge is -2.08. The molecule has 4 nitrogen and oxygen atoms in total. The molecule has 1 aromatic heterocycles. The van der Waals surface area contributed by atoms with Crippen molar-refractivity contribution in [2.24, 2.45) is 10.7 Å². The van der Waals surface area contributed by atoms with Crippen LogP contribution in [0.15, 0.2) is 17.5 Å². The van der Waals surface area contributed by atoms with E-state index in [0.717, 1.165) is 12.9 Å². The van der Waals surface area contributed by atoms with Gasteiger partial charge in [-0.25, -0.2) is 15.0 Å². The molecular weight excluding hydrogens is 267 g/mol. The number of aromatic nitrogens is 2. The van der Waals surface area contributed by atoms with Crippen LogP contribution in [0.4, 0.5) is 0 Å². The Morgan fingerprint density at radius 2 is 2.33 bits per heavy atom. The fourth-order valence-corrected chi connectivity index (χ4v) is 3.03. The number of rotatable bonds is 0. The molecule has 12 heavy (non-hydrogen) atoms. The van der Waals surface area contributed by atoms with Crippen molar-refractivity contribution in [2.75, 3.05) is 0 Å². The number of amidine groups is 1. The highest BCUT2D eigenvalue weighted by molar-refractivity contribution is 14.2. The third-order valence-corrected chi connectivity index (χ3v) is 3.83. The molecule has 2 rings (SSSR count). The molecule has 0 saturated carbocycles. The number of aliphatic imine (C=N–C) groups is 1. The minimum atomic E-state index is -0.197. The van der Waals surface area contributed by atoms with Gasteiger partial charge in [-0.1, -0.05) is 0 Å². The summed E-state index contributed by atoms with van der Waals surface area (Å²) >= 11 is -0.197. The summed E-state index contributed by atoms with van der Waals surface area (Å²) in [5, 5.41) is 0. The fraction of sp³-hybridized carbons (Fsp3) is 0.143. The van der Waals surface area contributed by atoms with Crippen LogP contribution in [-0.4, -0.2) is 19.4 Å². The van der Waals surface area contributed by atoms with Crippen molar-refractivity contribution >= 4 is 30.2 Å². The largest absolute Gasteiger partial charge is 0.383 e. The summed E-state index contributed by atoms with van der Waals surface area (Å²) in [4.78, 5) is 12.3. The molecule has 0 atom stereocenters. The maximum atomic E-state index is 5.70. The molecule has 1 aliphatic heterocycles. The van der Waals surface area contributed by atoms with Gasteiger partial charge in [0.2, 0.25) is 0 Å². The SMILES string of the molecule is CC1=Ic2ncncc2C(N)=N1. The summed E-state index contributed by atoms with van der Waals surface area (Å²) in [6.45, 7) is 1.99. The van der Waals surface area contributed by atoms with Gasteiger partial charge in [0.15, 0.2) is 0 Å². The van der Waals surface area contributed by atoms with Gasteiger partial charge in [0.05, 0.1) is 9.20 Å². The molecule has 0 fully saturated rings. The van der Waals surface area contributed by atoms with Gasteiger partial charge in [-0.2, -0.15) is 0 Å². The van der Waals surface area contributed by atoms with Gasteiger partial charge in [0, 0.05) is 6.20 Å². The fourth-order valence-electron chi connectivity index (χ4n) is 0.939. The molecular formula is C7H7IN4. The van der Waals surface area contributed by atoms with E-state index in [9.17, 15) is 0 Å². The van der Waals surface area contributed by atoms with Crippen molar-refractivity contribution in [1.29, 1.82) is 0 Å². The van der Waals surface area contributed by atoms with Crippen LogP contribution in [0, 0.1) is 3.70 Å². The molecule has 0 unspecified atom stereocenters. The number of hydrogen-bond donors (Lipinski definition) is 1. The van der Waals surface area contributed by atoms with Crippen LogP contribution >= 0.6 is 20.7 Å². The van der Waals surface area contributed by atoms with Crippen LogP contribution in [-0.2, 0) is 0 Å². The van der Waals surface area contributed by atoms with Crippen molar-refractivity contribution < 1.29 is 0 Å². The van der Waals surface area contributed by atoms with Crippen molar-refractivity contribution in [3.63, 3.8) is 0 Å². The minimum absolute atomic E-state index is 0.197. The molecule has 0 saturated heterocycles. The van der Waals surface area contributed by atoms with Crippen LogP contribution < -0.4 is 5.73 Å². The summed E-state index contributed by atoms with van der Waals surface area (Å²) in [6, 6.07) is 0. The first-order chi connectivity index (χ1) is 5.77. The van der Waals surface area contributed by atoms with Crippen LogP contribution in [0.1, 0.15) is 12.5 Å². The Balaban J connectivity index is 2.66. The van der Waals surface area contributed by atoms with Crippen LogP contribution in [0.5, 0.6) is 0 Å². The van der Waals surface area contributed by atoms with Gasteiger partial charge in [-0.05, 0) is 27.7 Å². The normalized spacial score (nSPS) is 15.4. The molecule has 62 valence electrons. The first-order valence-electron chi connectivity index (χ1n) is 3.40. The second kappa shape index (κ2) is 2.89. The molecule has 0 aromatic carbocycles. The zero-order valence-corrected chi connectivity index (χ0v) is 8.61. The van der Waals surface area contributed by atoms with Crippen molar-refractivity contribution in [3.8, 4) is 0 Å². The average molecular weight is 274 g/mol. The first-order valence-corrected chi connectivity index (χ1v) is 5.56. The van der Waals surface area contributed by atoms with Gasteiger partial charge in [0.25, 0.3) is 0 Å². The molecule has 0 aliphatic carbocycles. The molecule has 2 N–H and O–H groups in total. The average Bonchev–Trinajstić information content (AvgIpc) is 2.04. The third-order valence-electron chi connectivity index (χ3n) is 1.44. The molecule has 5 heteroatoms. The summed E-state index contributed by atoms with van der Waals surface area (Å²) in [7, 11) is 0. The summed E-state index contributed by atoms with van der Waals surface area (Å²) in [5.41, 5.74) is 6.62. The Labute approximate surface area is 79.7 Å². The lowest BCUT2D eigenvalue weighted by molar-refractivity contribution is 1.12. The second-order valence-electron chi connectivity index (χ2n) is 2.32. The Morgan fingerprint density at radius 1 is 1.50 bits per heavy atom. The summed E-state index contributed by atoms with van der Waals surface area (Å²) in [6.07, 6.45) is 3.29. The molecule has 2 heterocycles. The van der Waals surface area contributed by atoms with Crippen molar-refractivity contribution in [1.82, 2.24) is 9.97 Å². The highest BCUT2D eigenvalue weighted by atomic mass is 127. The zero-order valence-electron chi connectivity index (χ0n) is 6.45. The van der Waals surface area contributed by atoms with E-state index in [0.29, 0.717) is 5.84 Å². The van der Waals surface area contributed by atoms with Gasteiger partial charge in [-0.3, -0.25) is 0 Å². The van der Waals surface area contributed by atoms with Gasteiger partial charge >= 0.3 is 0 Å². The standard InChI is InChI=1S/C7H7IN4/c1-4-8-6-5(7(9)12-4)2-10-3-11-6/h2-3H,1H3,(H2,9,12). The van der Waals surface area contributed by atoms with Gasteiger partial charge in [0.1, 0.15) is 15.9 Å². The topological polar surface area (TPSA) is 64.2 Å². The minimum Gasteiger partial charge on any atom is -0.383 e. The van der Waals surface area contributed by atoms with E-state index in [-0.39, 0.29) is 20.7 Å². The highest BCUT2D eigenvalue weighted by Gasteiger charge is 2.11. The monoisotopic (exact) mass is 274 g/mol. The zero-order chi connectivity index (χ0) is 8.55. The Kier molecular flexibility index (Phi) is 1.87. The number of nitrogens with zero attached hydrogens (tertiary/aromatic N) is 3. The molecule has 0 spiro atoms. The van der Waals surface area contributed by atoms with E-state index in [4.69, 9.17) is 5.73 Å². The smallest absolute Gasteiger partial charge is 0.135 e. The third kappa shape index (κ3) is 1.24. The lowest BCUT2D eigenvalue weighted by Crippen LogP contribution is -2.19. The predicted octanol–water partition coefficient (Wildman–Crippen LogP) is 0.486. The van der Waals surface area contributed by atoms with E-state index >= 15 is 0 Å². The van der Waals surface area contributed by atoms with Crippen LogP contribution in [0.3, 0.4) is 0 Å². The van der Waals surface area contributed by atoms with E-state index in [1.807, 2.05) is 6.92 Å². The Hall–Kier alpha value is -0.850. The van der Waals surface area contributed by atoms with Crippen LogP contribution in [0.2, 0.25) is 0 Å². The van der Waals surface area contributed by atoms with Crippen LogP contribution in [0.25, 0.3) is 0 Å². The molecule has 1 aromatic rings. The van der Waals surface area contributed by atoms with Gasteiger partial charge < -0.3 is 5.73 Å². The number of halogens is 1. The predicted molar refractivity (Wildman–Crippen MR) is 56.2 cm³/mol. The quantitative estimate of drug-likeness (QED) is 0.553. The maximum absolute atomic E-state index is 5.70. The maximum Gasteiger partial charge on any atom is 0.135 e. The van der Waals surface area contributed by atoms with E-state index in [1.165, 1.54) is 0 Å². The molecule has 0 bridgehead atoms. The number of hydrogen-bond acceptors (Lipinski definition) is 4. The first kappa shape index (κ1) is 7.78. The molecule has 0 amide bonds. The Morgan fingerprint density at radius 3 is 3.17 bits per heavy atom. The molecule has 1 aliphatic rings. The van der Waals surface area contributed by atoms with E-state index in [2.05, 4.69) is 15.0 Å². The van der Waals surface area contributed by atoms with Crippen molar-refractivity contribution in [3.05, 3.63) is 21.8 Å². The van der Waals surface area contributed by atoms with Crippen molar-refractivity contribution in [2.45, 2.75) is 6.92 Å². The summed E-state index contributed by atoms with van der Waals surface area (Å²) < 4.78 is 2.19. The molecule has 0 radical (unpaired) electrons.